The second-order valence-corrected chi connectivity index (χ2v) is 11.9. The van der Waals surface area contributed by atoms with Crippen molar-refractivity contribution in [3.8, 4) is 0 Å². The van der Waals surface area contributed by atoms with Gasteiger partial charge in [0.15, 0.2) is 0 Å². The first-order valence-corrected chi connectivity index (χ1v) is 13.4. The Kier molecular flexibility index (Phi) is 8.68. The Morgan fingerprint density at radius 2 is 1.83 bits per heavy atom. The summed E-state index contributed by atoms with van der Waals surface area (Å²) >= 11 is 0. The average Bonchev–Trinajstić information content (AvgIpc) is 2.81. The van der Waals surface area contributed by atoms with Gasteiger partial charge in [-0.25, -0.2) is 27.9 Å². The molecule has 0 bridgehead atoms. The SMILES string of the molecule is CNS(=O)(=O)Cc1ccc(Nc2cc(N(C)CC3CCN(OC(=O)C(C)(C)C)CC3)ncn2)cc1. The minimum Gasteiger partial charge on any atom is -0.367 e. The number of hydrogen-bond acceptors (Lipinski definition) is 9. The quantitative estimate of drug-likeness (QED) is 0.531. The van der Waals surface area contributed by atoms with E-state index in [4.69, 9.17) is 4.84 Å². The van der Waals surface area contributed by atoms with Gasteiger partial charge >= 0.3 is 5.97 Å². The van der Waals surface area contributed by atoms with Crippen LogP contribution < -0.4 is 14.9 Å². The van der Waals surface area contributed by atoms with Gasteiger partial charge in [-0.15, -0.1) is 5.06 Å². The maximum absolute atomic E-state index is 12.1. The largest absolute Gasteiger partial charge is 0.367 e. The lowest BCUT2D eigenvalue weighted by atomic mass is 9.97. The molecule has 11 heteroatoms. The summed E-state index contributed by atoms with van der Waals surface area (Å²) in [5.74, 6) is 1.66. The molecule has 1 aromatic carbocycles. The molecule has 35 heavy (non-hydrogen) atoms. The third-order valence-electron chi connectivity index (χ3n) is 5.87. The van der Waals surface area contributed by atoms with E-state index >= 15 is 0 Å². The predicted molar refractivity (Wildman–Crippen MR) is 137 cm³/mol. The van der Waals surface area contributed by atoms with Crippen LogP contribution in [0, 0.1) is 11.3 Å². The van der Waals surface area contributed by atoms with E-state index in [9.17, 15) is 13.2 Å². The molecule has 0 saturated carbocycles. The van der Waals surface area contributed by atoms with Gasteiger partial charge in [0, 0.05) is 38.4 Å². The van der Waals surface area contributed by atoms with Crippen molar-refractivity contribution in [2.75, 3.05) is 43.9 Å². The Morgan fingerprint density at radius 3 is 2.43 bits per heavy atom. The van der Waals surface area contributed by atoms with Gasteiger partial charge in [0.1, 0.15) is 18.0 Å². The monoisotopic (exact) mass is 504 g/mol. The summed E-state index contributed by atoms with van der Waals surface area (Å²) in [7, 11) is 0.107. The minimum atomic E-state index is -3.31. The van der Waals surface area contributed by atoms with Crippen molar-refractivity contribution in [1.82, 2.24) is 19.8 Å². The fourth-order valence-electron chi connectivity index (χ4n) is 3.67. The summed E-state index contributed by atoms with van der Waals surface area (Å²) in [6, 6.07) is 9.09. The number of hydrogen-bond donors (Lipinski definition) is 2. The number of aromatic nitrogens is 2. The lowest BCUT2D eigenvalue weighted by Crippen LogP contribution is -2.41. The van der Waals surface area contributed by atoms with Gasteiger partial charge in [-0.05, 0) is 64.3 Å². The molecule has 192 valence electrons. The number of rotatable bonds is 9. The zero-order valence-corrected chi connectivity index (χ0v) is 21.9. The molecule has 0 spiro atoms. The number of sulfonamides is 1. The first-order valence-electron chi connectivity index (χ1n) is 11.7. The van der Waals surface area contributed by atoms with Crippen LogP contribution in [0.4, 0.5) is 17.3 Å². The number of piperidine rings is 1. The number of carbonyl (C=O) groups is 1. The third-order valence-corrected chi connectivity index (χ3v) is 7.20. The van der Waals surface area contributed by atoms with E-state index in [2.05, 4.69) is 24.9 Å². The smallest absolute Gasteiger partial charge is 0.330 e. The van der Waals surface area contributed by atoms with Crippen LogP contribution in [-0.4, -0.2) is 63.1 Å². The number of nitrogens with one attached hydrogen (secondary N) is 2. The highest BCUT2D eigenvalue weighted by atomic mass is 32.2. The van der Waals surface area contributed by atoms with Crippen molar-refractivity contribution >= 4 is 33.3 Å². The Balaban J connectivity index is 1.52. The maximum atomic E-state index is 12.1. The van der Waals surface area contributed by atoms with Gasteiger partial charge in [-0.3, -0.25) is 0 Å². The van der Waals surface area contributed by atoms with Crippen molar-refractivity contribution in [3.05, 3.63) is 42.2 Å². The second kappa shape index (κ2) is 11.3. The second-order valence-electron chi connectivity index (χ2n) is 9.93. The van der Waals surface area contributed by atoms with E-state index in [1.165, 1.54) is 13.4 Å². The minimum absolute atomic E-state index is 0.0653. The third kappa shape index (κ3) is 8.15. The van der Waals surface area contributed by atoms with Crippen molar-refractivity contribution in [2.24, 2.45) is 11.3 Å². The van der Waals surface area contributed by atoms with Crippen molar-refractivity contribution in [2.45, 2.75) is 39.4 Å². The summed E-state index contributed by atoms with van der Waals surface area (Å²) in [5.41, 5.74) is 0.998. The first kappa shape index (κ1) is 26.8. The Bertz CT molecular complexity index is 1090. The summed E-state index contributed by atoms with van der Waals surface area (Å²) in [4.78, 5) is 28.5. The molecule has 0 atom stereocenters. The molecular weight excluding hydrogens is 468 g/mol. The maximum Gasteiger partial charge on any atom is 0.330 e. The highest BCUT2D eigenvalue weighted by Crippen LogP contribution is 2.24. The predicted octanol–water partition coefficient (Wildman–Crippen LogP) is 2.92. The normalized spacial score (nSPS) is 15.6. The number of carbonyl (C=O) groups excluding carboxylic acids is 1. The number of nitrogens with zero attached hydrogens (tertiary/aromatic N) is 4. The molecule has 0 unspecified atom stereocenters. The van der Waals surface area contributed by atoms with E-state index in [1.54, 1.807) is 17.2 Å². The summed E-state index contributed by atoms with van der Waals surface area (Å²) in [6.45, 7) is 7.86. The van der Waals surface area contributed by atoms with Crippen LogP contribution >= 0.6 is 0 Å². The molecule has 1 aliphatic rings. The lowest BCUT2D eigenvalue weighted by molar-refractivity contribution is -0.205. The highest BCUT2D eigenvalue weighted by Gasteiger charge is 2.28. The van der Waals surface area contributed by atoms with E-state index in [-0.39, 0.29) is 11.7 Å². The van der Waals surface area contributed by atoms with Gasteiger partial charge < -0.3 is 15.1 Å². The Morgan fingerprint density at radius 1 is 1.17 bits per heavy atom. The Labute approximate surface area is 208 Å². The molecule has 2 aromatic rings. The van der Waals surface area contributed by atoms with E-state index in [0.29, 0.717) is 17.3 Å². The number of anilines is 3. The molecule has 10 nitrogen and oxygen atoms in total. The van der Waals surface area contributed by atoms with E-state index in [0.717, 1.165) is 44.0 Å². The molecule has 2 N–H and O–H groups in total. The van der Waals surface area contributed by atoms with Gasteiger partial charge in [0.25, 0.3) is 0 Å². The fourth-order valence-corrected chi connectivity index (χ4v) is 4.44. The van der Waals surface area contributed by atoms with Crippen LogP contribution in [0.2, 0.25) is 0 Å². The molecule has 1 aromatic heterocycles. The molecule has 2 heterocycles. The van der Waals surface area contributed by atoms with Gasteiger partial charge in [0.05, 0.1) is 11.2 Å². The van der Waals surface area contributed by atoms with Crippen LogP contribution in [0.25, 0.3) is 0 Å². The number of benzene rings is 1. The van der Waals surface area contributed by atoms with E-state index in [1.807, 2.05) is 46.0 Å². The molecule has 1 aliphatic heterocycles. The van der Waals surface area contributed by atoms with Crippen LogP contribution in [-0.2, 0) is 25.4 Å². The van der Waals surface area contributed by atoms with Gasteiger partial charge in [0.2, 0.25) is 10.0 Å². The van der Waals surface area contributed by atoms with Crippen LogP contribution in [0.15, 0.2) is 36.7 Å². The average molecular weight is 505 g/mol. The summed E-state index contributed by atoms with van der Waals surface area (Å²) in [5, 5.41) is 5.02. The van der Waals surface area contributed by atoms with Gasteiger partial charge in [-0.1, -0.05) is 12.1 Å². The molecule has 1 saturated heterocycles. The summed E-state index contributed by atoms with van der Waals surface area (Å²) in [6.07, 6.45) is 3.40. The number of hydroxylamine groups is 2. The first-order chi connectivity index (χ1) is 16.4. The molecular formula is C24H36N6O4S. The molecule has 0 aliphatic carbocycles. The van der Waals surface area contributed by atoms with Crippen LogP contribution in [0.3, 0.4) is 0 Å². The van der Waals surface area contributed by atoms with Crippen LogP contribution in [0.1, 0.15) is 39.2 Å². The standard InChI is InChI=1S/C24H36N6O4S/c1-24(2,3)23(31)34-30-12-10-18(11-13-30)15-29(5)22-14-21(26-17-27-22)28-20-8-6-19(7-9-20)16-35(32,33)25-4/h6-9,14,17-18,25H,10-13,15-16H2,1-5H3,(H,26,27,28). The summed E-state index contributed by atoms with van der Waals surface area (Å²) < 4.78 is 25.7. The van der Waals surface area contributed by atoms with Crippen molar-refractivity contribution in [3.63, 3.8) is 0 Å². The lowest BCUT2D eigenvalue weighted by Gasteiger charge is -2.34. The molecule has 0 amide bonds. The topological polar surface area (TPSA) is 117 Å². The highest BCUT2D eigenvalue weighted by molar-refractivity contribution is 7.88. The molecule has 3 rings (SSSR count). The van der Waals surface area contributed by atoms with Gasteiger partial charge in [-0.2, -0.15) is 0 Å². The Hall–Kier alpha value is -2.76. The van der Waals surface area contributed by atoms with Crippen LogP contribution in [0.5, 0.6) is 0 Å². The van der Waals surface area contributed by atoms with Crippen molar-refractivity contribution in [1.29, 1.82) is 0 Å². The zero-order valence-electron chi connectivity index (χ0n) is 21.1. The molecule has 0 radical (unpaired) electrons. The zero-order chi connectivity index (χ0) is 25.6. The molecule has 1 fully saturated rings. The van der Waals surface area contributed by atoms with E-state index < -0.39 is 15.4 Å². The van der Waals surface area contributed by atoms with Crippen molar-refractivity contribution < 1.29 is 18.0 Å². The fraction of sp³-hybridized carbons (Fsp3) is 0.542.